The van der Waals surface area contributed by atoms with Crippen LogP contribution in [-0.2, 0) is 0 Å². The molecule has 2 aromatic rings. The Bertz CT molecular complexity index is 762. The van der Waals surface area contributed by atoms with Crippen LogP contribution in [0, 0.1) is 18.8 Å². The van der Waals surface area contributed by atoms with E-state index in [4.69, 9.17) is 0 Å². The number of nitrogens with one attached hydrogen (secondary N) is 2. The van der Waals surface area contributed by atoms with E-state index >= 15 is 0 Å². The minimum atomic E-state index is -0.215. The van der Waals surface area contributed by atoms with E-state index in [9.17, 15) is 9.90 Å². The van der Waals surface area contributed by atoms with Gasteiger partial charge in [-0.15, -0.1) is 0 Å². The van der Waals surface area contributed by atoms with Crippen LogP contribution in [0.25, 0.3) is 5.65 Å². The van der Waals surface area contributed by atoms with Crippen LogP contribution in [0.3, 0.4) is 0 Å². The zero-order chi connectivity index (χ0) is 17.4. The second-order valence-electron chi connectivity index (χ2n) is 7.43. The fourth-order valence-corrected chi connectivity index (χ4v) is 4.10. The van der Waals surface area contributed by atoms with E-state index < -0.39 is 0 Å². The lowest BCUT2D eigenvalue weighted by Crippen LogP contribution is -2.52. The van der Waals surface area contributed by atoms with Crippen molar-refractivity contribution < 1.29 is 9.90 Å². The van der Waals surface area contributed by atoms with Gasteiger partial charge in [0.05, 0.1) is 12.3 Å². The highest BCUT2D eigenvalue weighted by atomic mass is 16.3. The van der Waals surface area contributed by atoms with Crippen LogP contribution in [0.5, 0.6) is 0 Å². The Morgan fingerprint density at radius 1 is 1.32 bits per heavy atom. The average Bonchev–Trinajstić information content (AvgIpc) is 3.01. The average molecular weight is 343 g/mol. The third kappa shape index (κ3) is 3.26. The van der Waals surface area contributed by atoms with Crippen molar-refractivity contribution in [3.8, 4) is 0 Å². The molecule has 2 aromatic heterocycles. The molecule has 1 atom stereocenters. The molecule has 7 heteroatoms. The normalized spacial score (nSPS) is 25.5. The van der Waals surface area contributed by atoms with Gasteiger partial charge in [-0.05, 0) is 63.1 Å². The van der Waals surface area contributed by atoms with E-state index in [0.717, 1.165) is 44.3 Å². The molecule has 134 valence electrons. The molecule has 3 N–H and O–H groups in total. The number of fused-ring (bicyclic) bond motifs is 1. The quantitative estimate of drug-likeness (QED) is 0.767. The lowest BCUT2D eigenvalue weighted by Gasteiger charge is -2.43. The van der Waals surface area contributed by atoms with E-state index in [1.165, 1.54) is 0 Å². The van der Waals surface area contributed by atoms with Crippen molar-refractivity contribution in [3.05, 3.63) is 29.7 Å². The van der Waals surface area contributed by atoms with Gasteiger partial charge in [0, 0.05) is 18.4 Å². The topological polar surface area (TPSA) is 91.5 Å². The molecule has 25 heavy (non-hydrogen) atoms. The van der Waals surface area contributed by atoms with Gasteiger partial charge in [-0.3, -0.25) is 4.79 Å². The van der Waals surface area contributed by atoms with Crippen LogP contribution in [0.2, 0.25) is 0 Å². The van der Waals surface area contributed by atoms with Crippen molar-refractivity contribution in [2.24, 2.45) is 11.8 Å². The summed E-state index contributed by atoms with van der Waals surface area (Å²) < 4.78 is 1.65. The molecule has 0 unspecified atom stereocenters. The molecule has 4 rings (SSSR count). The first-order valence-electron chi connectivity index (χ1n) is 9.11. The molecule has 1 amide bonds. The Hall–Kier alpha value is -1.99. The smallest absolute Gasteiger partial charge is 0.257 e. The van der Waals surface area contributed by atoms with Crippen molar-refractivity contribution in [1.29, 1.82) is 0 Å². The molecular formula is C18H25N5O2. The number of carbonyl (C=O) groups is 1. The third-order valence-corrected chi connectivity index (χ3v) is 5.58. The van der Waals surface area contributed by atoms with Crippen molar-refractivity contribution in [1.82, 2.24) is 25.2 Å². The molecule has 3 heterocycles. The number of piperidine rings is 1. The number of aliphatic hydroxyl groups is 1. The molecule has 1 aliphatic carbocycles. The SMILES string of the molecule is Cc1cnc2c(C(=O)N[C@@H](C3CCNCC3)C3CC(O)C3)cnn2c1. The second kappa shape index (κ2) is 6.72. The summed E-state index contributed by atoms with van der Waals surface area (Å²) in [4.78, 5) is 17.3. The van der Waals surface area contributed by atoms with Crippen LogP contribution in [0.1, 0.15) is 41.6 Å². The Labute approximate surface area is 146 Å². The Kier molecular flexibility index (Phi) is 4.43. The molecule has 7 nitrogen and oxygen atoms in total. The van der Waals surface area contributed by atoms with Gasteiger partial charge in [0.2, 0.25) is 0 Å². The molecular weight excluding hydrogens is 318 g/mol. The summed E-state index contributed by atoms with van der Waals surface area (Å²) >= 11 is 0. The van der Waals surface area contributed by atoms with Gasteiger partial charge in [0.15, 0.2) is 5.65 Å². The van der Waals surface area contributed by atoms with Gasteiger partial charge in [-0.2, -0.15) is 5.10 Å². The lowest BCUT2D eigenvalue weighted by molar-refractivity contribution is 0.00920. The Balaban J connectivity index is 1.54. The van der Waals surface area contributed by atoms with E-state index in [2.05, 4.69) is 20.7 Å². The van der Waals surface area contributed by atoms with Gasteiger partial charge in [0.1, 0.15) is 5.56 Å². The number of amides is 1. The number of hydrogen-bond donors (Lipinski definition) is 3. The standard InChI is InChI=1S/C18H25N5O2/c1-11-8-20-17-15(9-21-23(17)10-11)18(25)22-16(13-6-14(24)7-13)12-2-4-19-5-3-12/h8-10,12-14,16,19,24H,2-7H2,1H3,(H,22,25)/t13?,14?,16-/m0/s1. The van der Waals surface area contributed by atoms with Gasteiger partial charge >= 0.3 is 0 Å². The molecule has 1 aliphatic heterocycles. The molecule has 0 spiro atoms. The second-order valence-corrected chi connectivity index (χ2v) is 7.43. The number of aliphatic hydroxyl groups excluding tert-OH is 1. The van der Waals surface area contributed by atoms with Gasteiger partial charge in [-0.1, -0.05) is 0 Å². The summed E-state index contributed by atoms with van der Waals surface area (Å²) in [5.74, 6) is 0.704. The zero-order valence-corrected chi connectivity index (χ0v) is 14.5. The van der Waals surface area contributed by atoms with E-state index in [0.29, 0.717) is 23.0 Å². The summed E-state index contributed by atoms with van der Waals surface area (Å²) in [6.07, 6.45) is 8.67. The van der Waals surface area contributed by atoms with Crippen LogP contribution in [0.4, 0.5) is 0 Å². The highest BCUT2D eigenvalue weighted by Crippen LogP contribution is 2.36. The zero-order valence-electron chi connectivity index (χ0n) is 14.5. The van der Waals surface area contributed by atoms with Crippen molar-refractivity contribution in [2.75, 3.05) is 13.1 Å². The van der Waals surface area contributed by atoms with Gasteiger partial charge < -0.3 is 15.7 Å². The highest BCUT2D eigenvalue weighted by molar-refractivity contribution is 5.99. The number of aryl methyl sites for hydroxylation is 1. The number of rotatable bonds is 4. The maximum Gasteiger partial charge on any atom is 0.257 e. The predicted molar refractivity (Wildman–Crippen MR) is 93.3 cm³/mol. The number of aromatic nitrogens is 3. The molecule has 0 radical (unpaired) electrons. The molecule has 1 saturated heterocycles. The Morgan fingerprint density at radius 3 is 2.80 bits per heavy atom. The maximum atomic E-state index is 12.9. The summed E-state index contributed by atoms with van der Waals surface area (Å²) in [5.41, 5.74) is 2.10. The van der Waals surface area contributed by atoms with E-state index in [-0.39, 0.29) is 18.1 Å². The first-order valence-corrected chi connectivity index (χ1v) is 9.11. The predicted octanol–water partition coefficient (Wildman–Crippen LogP) is 0.907. The fourth-order valence-electron chi connectivity index (χ4n) is 4.10. The van der Waals surface area contributed by atoms with Crippen molar-refractivity contribution in [2.45, 2.75) is 44.8 Å². The van der Waals surface area contributed by atoms with E-state index in [1.807, 2.05) is 13.1 Å². The first-order chi connectivity index (χ1) is 12.1. The molecule has 0 aromatic carbocycles. The van der Waals surface area contributed by atoms with E-state index in [1.54, 1.807) is 16.9 Å². The summed E-state index contributed by atoms with van der Waals surface area (Å²) in [6, 6.07) is 0.110. The number of nitrogens with zero attached hydrogens (tertiary/aromatic N) is 3. The first kappa shape index (κ1) is 16.5. The van der Waals surface area contributed by atoms with Crippen LogP contribution >= 0.6 is 0 Å². The molecule has 2 aliphatic rings. The molecule has 0 bridgehead atoms. The Morgan fingerprint density at radius 2 is 2.08 bits per heavy atom. The minimum Gasteiger partial charge on any atom is -0.393 e. The van der Waals surface area contributed by atoms with Crippen LogP contribution in [0.15, 0.2) is 18.6 Å². The van der Waals surface area contributed by atoms with Gasteiger partial charge in [0.25, 0.3) is 5.91 Å². The van der Waals surface area contributed by atoms with Crippen LogP contribution in [-0.4, -0.2) is 50.8 Å². The monoisotopic (exact) mass is 343 g/mol. The van der Waals surface area contributed by atoms with Crippen molar-refractivity contribution in [3.63, 3.8) is 0 Å². The fraction of sp³-hybridized carbons (Fsp3) is 0.611. The largest absolute Gasteiger partial charge is 0.393 e. The van der Waals surface area contributed by atoms with Crippen molar-refractivity contribution >= 4 is 11.6 Å². The summed E-state index contributed by atoms with van der Waals surface area (Å²) in [5, 5.41) is 20.6. The maximum absolute atomic E-state index is 12.9. The number of hydrogen-bond acceptors (Lipinski definition) is 5. The lowest BCUT2D eigenvalue weighted by atomic mass is 9.71. The summed E-state index contributed by atoms with van der Waals surface area (Å²) in [7, 11) is 0. The number of carbonyl (C=O) groups excluding carboxylic acids is 1. The molecule has 2 fully saturated rings. The summed E-state index contributed by atoms with van der Waals surface area (Å²) in [6.45, 7) is 3.93. The highest BCUT2D eigenvalue weighted by Gasteiger charge is 2.39. The van der Waals surface area contributed by atoms with Gasteiger partial charge in [-0.25, -0.2) is 9.50 Å². The molecule has 1 saturated carbocycles. The third-order valence-electron chi connectivity index (χ3n) is 5.58. The minimum absolute atomic E-state index is 0.110. The van der Waals surface area contributed by atoms with Crippen LogP contribution < -0.4 is 10.6 Å².